The number of hydrogen-bond acceptors (Lipinski definition) is 2. The smallest absolute Gasteiger partial charge is 0.326 e. The molecule has 108 valence electrons. The Labute approximate surface area is 115 Å². The van der Waals surface area contributed by atoms with E-state index in [0.29, 0.717) is 18.5 Å². The fourth-order valence-electron chi connectivity index (χ4n) is 2.41. The van der Waals surface area contributed by atoms with E-state index in [1.165, 1.54) is 11.0 Å². The number of piperidine rings is 1. The van der Waals surface area contributed by atoms with Gasteiger partial charge in [-0.3, -0.25) is 4.79 Å². The largest absolute Gasteiger partial charge is 0.480 e. The maximum Gasteiger partial charge on any atom is 0.326 e. The van der Waals surface area contributed by atoms with E-state index in [4.69, 9.17) is 5.11 Å². The number of nitrogens with zero attached hydrogens (tertiary/aromatic N) is 1. The number of carbonyl (C=O) groups excluding carboxylic acids is 1. The van der Waals surface area contributed by atoms with E-state index in [1.54, 1.807) is 0 Å². The number of halogens is 2. The Bertz CT molecular complexity index is 533. The van der Waals surface area contributed by atoms with Crippen LogP contribution in [-0.2, 0) is 16.0 Å². The van der Waals surface area contributed by atoms with Crippen molar-refractivity contribution in [2.24, 2.45) is 0 Å². The minimum Gasteiger partial charge on any atom is -0.480 e. The van der Waals surface area contributed by atoms with Crippen LogP contribution in [0.3, 0.4) is 0 Å². The summed E-state index contributed by atoms with van der Waals surface area (Å²) in [5.41, 5.74) is 0.337. The molecule has 20 heavy (non-hydrogen) atoms. The summed E-state index contributed by atoms with van der Waals surface area (Å²) in [4.78, 5) is 24.6. The zero-order chi connectivity index (χ0) is 14.7. The maximum absolute atomic E-state index is 13.1. The van der Waals surface area contributed by atoms with Gasteiger partial charge in [0.05, 0.1) is 6.42 Å². The molecule has 1 saturated heterocycles. The second-order valence-corrected chi connectivity index (χ2v) is 4.86. The lowest BCUT2D eigenvalue weighted by Crippen LogP contribution is -2.48. The van der Waals surface area contributed by atoms with Crippen LogP contribution in [0.1, 0.15) is 24.8 Å². The van der Waals surface area contributed by atoms with Gasteiger partial charge in [0.1, 0.15) is 6.04 Å². The van der Waals surface area contributed by atoms with E-state index in [1.807, 2.05) is 0 Å². The summed E-state index contributed by atoms with van der Waals surface area (Å²) in [5, 5.41) is 9.10. The average Bonchev–Trinajstić information content (AvgIpc) is 2.43. The number of benzene rings is 1. The minimum atomic E-state index is -1.02. The lowest BCUT2D eigenvalue weighted by molar-refractivity contribution is -0.151. The number of carboxylic acids is 1. The van der Waals surface area contributed by atoms with Gasteiger partial charge in [0.25, 0.3) is 0 Å². The zero-order valence-corrected chi connectivity index (χ0v) is 10.8. The summed E-state index contributed by atoms with van der Waals surface area (Å²) in [6, 6.07) is 2.44. The number of likely N-dealkylation sites (tertiary alicyclic amines) is 1. The van der Waals surface area contributed by atoms with Gasteiger partial charge in [-0.15, -0.1) is 0 Å². The predicted molar refractivity (Wildman–Crippen MR) is 67.0 cm³/mol. The molecule has 1 fully saturated rings. The Balaban J connectivity index is 2.09. The Morgan fingerprint density at radius 2 is 2.00 bits per heavy atom. The maximum atomic E-state index is 13.1. The van der Waals surface area contributed by atoms with Gasteiger partial charge in [-0.1, -0.05) is 6.07 Å². The van der Waals surface area contributed by atoms with Crippen molar-refractivity contribution < 1.29 is 23.5 Å². The monoisotopic (exact) mass is 283 g/mol. The predicted octanol–water partition coefficient (Wildman–Crippen LogP) is 1.97. The third-order valence-electron chi connectivity index (χ3n) is 3.45. The van der Waals surface area contributed by atoms with Crippen molar-refractivity contribution >= 4 is 11.9 Å². The number of hydrogen-bond donors (Lipinski definition) is 1. The first-order valence-electron chi connectivity index (χ1n) is 6.45. The molecule has 1 atom stereocenters. The lowest BCUT2D eigenvalue weighted by atomic mass is 10.0. The van der Waals surface area contributed by atoms with E-state index in [-0.39, 0.29) is 12.3 Å². The molecule has 1 aromatic carbocycles. The summed E-state index contributed by atoms with van der Waals surface area (Å²) in [6.07, 6.45) is 1.83. The molecule has 2 rings (SSSR count). The molecule has 4 nitrogen and oxygen atoms in total. The van der Waals surface area contributed by atoms with Gasteiger partial charge in [-0.25, -0.2) is 13.6 Å². The van der Waals surface area contributed by atoms with Gasteiger partial charge in [0.2, 0.25) is 5.91 Å². The summed E-state index contributed by atoms with van der Waals surface area (Å²) < 4.78 is 25.9. The standard InChI is InChI=1S/C14H15F2NO3/c15-10-5-4-9(7-11(10)16)8-13(18)17-6-2-1-3-12(17)14(19)20/h4-5,7,12H,1-3,6,8H2,(H,19,20)/t12-/m1/s1. The van der Waals surface area contributed by atoms with E-state index in [2.05, 4.69) is 0 Å². The normalized spacial score (nSPS) is 18.9. The molecule has 1 heterocycles. The highest BCUT2D eigenvalue weighted by Gasteiger charge is 2.31. The molecule has 1 N–H and O–H groups in total. The first-order chi connectivity index (χ1) is 9.49. The Hall–Kier alpha value is -1.98. The zero-order valence-electron chi connectivity index (χ0n) is 10.8. The molecule has 0 unspecified atom stereocenters. The second kappa shape index (κ2) is 5.98. The van der Waals surface area contributed by atoms with Crippen molar-refractivity contribution in [3.63, 3.8) is 0 Å². The third-order valence-corrected chi connectivity index (χ3v) is 3.45. The van der Waals surface area contributed by atoms with Crippen molar-refractivity contribution in [1.29, 1.82) is 0 Å². The highest BCUT2D eigenvalue weighted by atomic mass is 19.2. The number of rotatable bonds is 3. The van der Waals surface area contributed by atoms with Crippen LogP contribution in [0.15, 0.2) is 18.2 Å². The van der Waals surface area contributed by atoms with E-state index in [0.717, 1.165) is 25.0 Å². The molecule has 0 spiro atoms. The molecular weight excluding hydrogens is 268 g/mol. The van der Waals surface area contributed by atoms with Gasteiger partial charge in [0.15, 0.2) is 11.6 Å². The molecular formula is C14H15F2NO3. The van der Waals surface area contributed by atoms with Crippen LogP contribution in [0.2, 0.25) is 0 Å². The van der Waals surface area contributed by atoms with E-state index >= 15 is 0 Å². The quantitative estimate of drug-likeness (QED) is 0.922. The van der Waals surface area contributed by atoms with Gasteiger partial charge in [0, 0.05) is 6.54 Å². The topological polar surface area (TPSA) is 57.6 Å². The third kappa shape index (κ3) is 3.12. The van der Waals surface area contributed by atoms with Crippen LogP contribution < -0.4 is 0 Å². The van der Waals surface area contributed by atoms with Crippen molar-refractivity contribution in [2.45, 2.75) is 31.7 Å². The Morgan fingerprint density at radius 3 is 2.65 bits per heavy atom. The fourth-order valence-corrected chi connectivity index (χ4v) is 2.41. The number of aliphatic carboxylic acids is 1. The number of amides is 1. The van der Waals surface area contributed by atoms with Crippen LogP contribution in [0, 0.1) is 11.6 Å². The minimum absolute atomic E-state index is 0.124. The van der Waals surface area contributed by atoms with Crippen molar-refractivity contribution in [2.75, 3.05) is 6.54 Å². The molecule has 1 aromatic rings. The molecule has 1 aliphatic rings. The SMILES string of the molecule is O=C(O)[C@H]1CCCCN1C(=O)Cc1ccc(F)c(F)c1. The number of carboxylic acid groups (broad SMARTS) is 1. The van der Waals surface area contributed by atoms with Crippen molar-refractivity contribution in [3.05, 3.63) is 35.4 Å². The average molecular weight is 283 g/mol. The van der Waals surface area contributed by atoms with Crippen LogP contribution >= 0.6 is 0 Å². The molecule has 0 aromatic heterocycles. The fraction of sp³-hybridized carbons (Fsp3) is 0.429. The van der Waals surface area contributed by atoms with E-state index in [9.17, 15) is 18.4 Å². The first-order valence-corrected chi connectivity index (χ1v) is 6.45. The summed E-state index contributed by atoms with van der Waals surface area (Å²) in [7, 11) is 0. The second-order valence-electron chi connectivity index (χ2n) is 4.86. The summed E-state index contributed by atoms with van der Waals surface area (Å²) >= 11 is 0. The number of carbonyl (C=O) groups is 2. The van der Waals surface area contributed by atoms with Gasteiger partial charge >= 0.3 is 5.97 Å². The molecule has 0 saturated carbocycles. The first kappa shape index (κ1) is 14.4. The molecule has 1 aliphatic heterocycles. The lowest BCUT2D eigenvalue weighted by Gasteiger charge is -2.33. The van der Waals surface area contributed by atoms with Crippen LogP contribution in [0.4, 0.5) is 8.78 Å². The van der Waals surface area contributed by atoms with Crippen molar-refractivity contribution in [3.8, 4) is 0 Å². The summed E-state index contributed by atoms with van der Waals surface area (Å²) in [5.74, 6) is -3.38. The molecule has 0 radical (unpaired) electrons. The molecule has 0 aliphatic carbocycles. The summed E-state index contributed by atoms with van der Waals surface area (Å²) in [6.45, 7) is 0.388. The van der Waals surface area contributed by atoms with Gasteiger partial charge in [-0.2, -0.15) is 0 Å². The molecule has 6 heteroatoms. The van der Waals surface area contributed by atoms with Gasteiger partial charge in [-0.05, 0) is 37.0 Å². The van der Waals surface area contributed by atoms with Crippen LogP contribution in [-0.4, -0.2) is 34.5 Å². The van der Waals surface area contributed by atoms with Crippen LogP contribution in [0.5, 0.6) is 0 Å². The Kier molecular flexibility index (Phi) is 4.32. The van der Waals surface area contributed by atoms with Crippen LogP contribution in [0.25, 0.3) is 0 Å². The van der Waals surface area contributed by atoms with Crippen molar-refractivity contribution in [1.82, 2.24) is 4.90 Å². The Morgan fingerprint density at radius 1 is 1.25 bits per heavy atom. The highest BCUT2D eigenvalue weighted by Crippen LogP contribution is 2.19. The molecule has 1 amide bonds. The van der Waals surface area contributed by atoms with E-state index < -0.39 is 23.6 Å². The molecule has 0 bridgehead atoms. The highest BCUT2D eigenvalue weighted by molar-refractivity contribution is 5.85. The van der Waals surface area contributed by atoms with Gasteiger partial charge < -0.3 is 10.0 Å².